The standard InChI is InChI=1S/C23H23N3O6S.BrH/c1-4-32-22(28)20-14(2)24-23(25-21(20)16-7-11-18(31-3)12-8-16)33-13-19(27)15-5-9-17(10-6-15)26(29)30;/h5-12,21H,4,13H2,1-3H3,(H,24,25);1H. The maximum Gasteiger partial charge on any atom is 0.338 e. The van der Waals surface area contributed by atoms with Crippen LogP contribution in [0.25, 0.3) is 0 Å². The molecule has 0 fully saturated rings. The zero-order chi connectivity index (χ0) is 24.0. The SMILES string of the molecule is Br.CCOC(=O)C1=C(C)NC(SCC(=O)c2ccc([N+](=O)[O-])cc2)=NC1c1ccc(OC)cc1. The normalized spacial score (nSPS) is 14.9. The molecule has 3 rings (SSSR count). The van der Waals surface area contributed by atoms with E-state index >= 15 is 0 Å². The van der Waals surface area contributed by atoms with E-state index in [4.69, 9.17) is 9.47 Å². The number of nitrogens with zero attached hydrogens (tertiary/aromatic N) is 2. The van der Waals surface area contributed by atoms with Crippen molar-refractivity contribution >= 4 is 51.4 Å². The average molecular weight is 550 g/mol. The highest BCUT2D eigenvalue weighted by atomic mass is 79.9. The van der Waals surface area contributed by atoms with Crippen molar-refractivity contribution in [3.63, 3.8) is 0 Å². The molecule has 0 aromatic heterocycles. The first-order chi connectivity index (χ1) is 15.8. The minimum Gasteiger partial charge on any atom is -0.497 e. The molecule has 180 valence electrons. The number of esters is 1. The van der Waals surface area contributed by atoms with Crippen LogP contribution in [0.5, 0.6) is 5.75 Å². The monoisotopic (exact) mass is 549 g/mol. The third-order valence-electron chi connectivity index (χ3n) is 4.89. The molecular formula is C23H24BrN3O6S. The van der Waals surface area contributed by atoms with E-state index in [0.717, 1.165) is 5.56 Å². The Hall–Kier alpha value is -3.18. The van der Waals surface area contributed by atoms with Crippen LogP contribution in [-0.4, -0.2) is 41.3 Å². The van der Waals surface area contributed by atoms with Gasteiger partial charge in [0.05, 0.1) is 30.0 Å². The quantitative estimate of drug-likeness (QED) is 0.219. The van der Waals surface area contributed by atoms with Gasteiger partial charge >= 0.3 is 5.97 Å². The number of allylic oxidation sites excluding steroid dienone is 1. The molecule has 0 spiro atoms. The highest BCUT2D eigenvalue weighted by molar-refractivity contribution is 8.93. The fourth-order valence-electron chi connectivity index (χ4n) is 3.21. The van der Waals surface area contributed by atoms with Crippen LogP contribution >= 0.6 is 28.7 Å². The zero-order valence-electron chi connectivity index (χ0n) is 18.8. The number of nitro groups is 1. The minimum absolute atomic E-state index is 0. The molecule has 1 unspecified atom stereocenters. The molecule has 0 radical (unpaired) electrons. The van der Waals surface area contributed by atoms with Crippen molar-refractivity contribution in [3.05, 3.63) is 81.0 Å². The third-order valence-corrected chi connectivity index (χ3v) is 5.77. The number of carbonyl (C=O) groups excluding carboxylic acids is 2. The summed E-state index contributed by atoms with van der Waals surface area (Å²) in [5.41, 5.74) is 2.06. The van der Waals surface area contributed by atoms with Crippen molar-refractivity contribution in [2.45, 2.75) is 19.9 Å². The number of aliphatic imine (C=N–C) groups is 1. The van der Waals surface area contributed by atoms with Gasteiger partial charge in [0.1, 0.15) is 11.8 Å². The summed E-state index contributed by atoms with van der Waals surface area (Å²) in [5, 5.41) is 14.4. The number of non-ortho nitro benzene ring substituents is 1. The number of ketones is 1. The molecule has 1 atom stereocenters. The van der Waals surface area contributed by atoms with Crippen molar-refractivity contribution in [2.24, 2.45) is 4.99 Å². The number of carbonyl (C=O) groups is 2. The van der Waals surface area contributed by atoms with Crippen molar-refractivity contribution in [2.75, 3.05) is 19.5 Å². The summed E-state index contributed by atoms with van der Waals surface area (Å²) in [5.74, 6) is 0.0932. The largest absolute Gasteiger partial charge is 0.497 e. The Kier molecular flexibility index (Phi) is 9.82. The van der Waals surface area contributed by atoms with Crippen LogP contribution in [0, 0.1) is 10.1 Å². The second kappa shape index (κ2) is 12.3. The van der Waals surface area contributed by atoms with Gasteiger partial charge in [-0.3, -0.25) is 14.9 Å². The Labute approximate surface area is 211 Å². The predicted molar refractivity (Wildman–Crippen MR) is 136 cm³/mol. The molecular weight excluding hydrogens is 526 g/mol. The molecule has 0 saturated carbocycles. The summed E-state index contributed by atoms with van der Waals surface area (Å²) in [6, 6.07) is 12.1. The summed E-state index contributed by atoms with van der Waals surface area (Å²) in [4.78, 5) is 40.1. The summed E-state index contributed by atoms with van der Waals surface area (Å²) in [6.07, 6.45) is 0. The first-order valence-corrected chi connectivity index (χ1v) is 11.1. The van der Waals surface area contributed by atoms with Crippen LogP contribution in [0.3, 0.4) is 0 Å². The average Bonchev–Trinajstić information content (AvgIpc) is 2.82. The topological polar surface area (TPSA) is 120 Å². The molecule has 2 aromatic carbocycles. The Bertz CT molecular complexity index is 1120. The van der Waals surface area contributed by atoms with Gasteiger partial charge in [-0.2, -0.15) is 0 Å². The Morgan fingerprint density at radius 3 is 2.35 bits per heavy atom. The number of thioether (sulfide) groups is 1. The minimum atomic E-state index is -0.604. The fraction of sp³-hybridized carbons (Fsp3) is 0.261. The lowest BCUT2D eigenvalue weighted by Gasteiger charge is -2.25. The number of hydrogen-bond donors (Lipinski definition) is 1. The number of halogens is 1. The number of nitrogens with one attached hydrogen (secondary N) is 1. The Balaban J connectivity index is 0.00000408. The highest BCUT2D eigenvalue weighted by Gasteiger charge is 2.30. The van der Waals surface area contributed by atoms with E-state index in [9.17, 15) is 19.7 Å². The van der Waals surface area contributed by atoms with Gasteiger partial charge in [0, 0.05) is 23.4 Å². The van der Waals surface area contributed by atoms with E-state index in [1.165, 1.54) is 36.0 Å². The molecule has 11 heteroatoms. The lowest BCUT2D eigenvalue weighted by molar-refractivity contribution is -0.384. The van der Waals surface area contributed by atoms with Crippen molar-refractivity contribution < 1.29 is 24.0 Å². The number of hydrogen-bond acceptors (Lipinski definition) is 9. The Morgan fingerprint density at radius 1 is 1.15 bits per heavy atom. The fourth-order valence-corrected chi connectivity index (χ4v) is 4.05. The second-order valence-corrected chi connectivity index (χ2v) is 7.97. The molecule has 9 nitrogen and oxygen atoms in total. The summed E-state index contributed by atoms with van der Waals surface area (Å²) in [6.45, 7) is 3.73. The summed E-state index contributed by atoms with van der Waals surface area (Å²) in [7, 11) is 1.57. The van der Waals surface area contributed by atoms with E-state index in [0.29, 0.717) is 27.8 Å². The molecule has 1 N–H and O–H groups in total. The van der Waals surface area contributed by atoms with Gasteiger partial charge in [0.15, 0.2) is 11.0 Å². The number of amidine groups is 1. The maximum atomic E-state index is 12.6. The molecule has 2 aromatic rings. The van der Waals surface area contributed by atoms with Gasteiger partial charge in [0.2, 0.25) is 0 Å². The molecule has 0 saturated heterocycles. The lowest BCUT2D eigenvalue weighted by atomic mass is 9.96. The number of nitro benzene ring substituents is 1. The van der Waals surface area contributed by atoms with Gasteiger partial charge in [-0.15, -0.1) is 17.0 Å². The molecule has 1 aliphatic rings. The maximum absolute atomic E-state index is 12.6. The lowest BCUT2D eigenvalue weighted by Crippen LogP contribution is -2.31. The first kappa shape index (κ1) is 27.1. The number of benzene rings is 2. The Morgan fingerprint density at radius 2 is 1.79 bits per heavy atom. The molecule has 0 bridgehead atoms. The van der Waals surface area contributed by atoms with Crippen LogP contribution in [0.15, 0.2) is 64.8 Å². The molecule has 1 aliphatic heterocycles. The predicted octanol–water partition coefficient (Wildman–Crippen LogP) is 4.63. The molecule has 1 heterocycles. The molecule has 0 amide bonds. The van der Waals surface area contributed by atoms with E-state index in [1.807, 2.05) is 12.1 Å². The van der Waals surface area contributed by atoms with Gasteiger partial charge < -0.3 is 14.8 Å². The second-order valence-electron chi connectivity index (χ2n) is 7.01. The van der Waals surface area contributed by atoms with Gasteiger partial charge in [-0.1, -0.05) is 23.9 Å². The first-order valence-electron chi connectivity index (χ1n) is 10.1. The van der Waals surface area contributed by atoms with E-state index < -0.39 is 16.9 Å². The number of rotatable bonds is 8. The molecule has 0 aliphatic carbocycles. The van der Waals surface area contributed by atoms with E-state index in [2.05, 4.69) is 10.3 Å². The van der Waals surface area contributed by atoms with E-state index in [-0.39, 0.29) is 40.8 Å². The molecule has 34 heavy (non-hydrogen) atoms. The third kappa shape index (κ3) is 6.45. The number of methoxy groups -OCH3 is 1. The van der Waals surface area contributed by atoms with Crippen molar-refractivity contribution in [3.8, 4) is 5.75 Å². The van der Waals surface area contributed by atoms with E-state index in [1.54, 1.807) is 33.1 Å². The van der Waals surface area contributed by atoms with Gasteiger partial charge in [-0.25, -0.2) is 9.79 Å². The number of ether oxygens (including phenoxy) is 2. The number of Topliss-reactive ketones (excluding diaryl/α,β-unsaturated/α-hetero) is 1. The summed E-state index contributed by atoms with van der Waals surface area (Å²) >= 11 is 1.19. The zero-order valence-corrected chi connectivity index (χ0v) is 21.3. The smallest absolute Gasteiger partial charge is 0.338 e. The van der Waals surface area contributed by atoms with Gasteiger partial charge in [-0.05, 0) is 43.7 Å². The van der Waals surface area contributed by atoms with Crippen LogP contribution in [-0.2, 0) is 9.53 Å². The summed E-state index contributed by atoms with van der Waals surface area (Å²) < 4.78 is 10.4. The van der Waals surface area contributed by atoms with Crippen LogP contribution in [0.4, 0.5) is 5.69 Å². The highest BCUT2D eigenvalue weighted by Crippen LogP contribution is 2.33. The van der Waals surface area contributed by atoms with Crippen LogP contribution in [0.1, 0.15) is 35.8 Å². The van der Waals surface area contributed by atoms with Crippen LogP contribution in [0.2, 0.25) is 0 Å². The van der Waals surface area contributed by atoms with Crippen molar-refractivity contribution in [1.82, 2.24) is 5.32 Å². The van der Waals surface area contributed by atoms with Gasteiger partial charge in [0.25, 0.3) is 5.69 Å². The van der Waals surface area contributed by atoms with Crippen molar-refractivity contribution in [1.29, 1.82) is 0 Å². The van der Waals surface area contributed by atoms with Crippen LogP contribution < -0.4 is 10.1 Å².